The zero-order valence-corrected chi connectivity index (χ0v) is 15.4. The van der Waals surface area contributed by atoms with Gasteiger partial charge in [-0.05, 0) is 49.2 Å². The molecule has 5 nitrogen and oxygen atoms in total. The van der Waals surface area contributed by atoms with Crippen molar-refractivity contribution in [3.8, 4) is 5.75 Å². The van der Waals surface area contributed by atoms with Gasteiger partial charge in [-0.2, -0.15) is 0 Å². The van der Waals surface area contributed by atoms with Crippen LogP contribution < -0.4 is 4.74 Å². The average Bonchev–Trinajstić information content (AvgIpc) is 2.50. The number of esters is 1. The Labute approximate surface area is 146 Å². The van der Waals surface area contributed by atoms with Gasteiger partial charge in [-0.15, -0.1) is 0 Å². The number of carbonyl (C=O) groups excluding carboxylic acids is 1. The fraction of sp³-hybridized carbons (Fsp3) is 0.235. The van der Waals surface area contributed by atoms with Gasteiger partial charge in [0.15, 0.2) is 0 Å². The monoisotopic (exact) mass is 367 g/mol. The molecule has 0 saturated carbocycles. The Morgan fingerprint density at radius 1 is 1.08 bits per heavy atom. The molecule has 7 heteroatoms. The Kier molecular flexibility index (Phi) is 5.32. The topological polar surface area (TPSA) is 63.7 Å². The lowest BCUT2D eigenvalue weighted by molar-refractivity contribution is 0.0734. The van der Waals surface area contributed by atoms with Crippen LogP contribution in [0.5, 0.6) is 5.75 Å². The fourth-order valence-electron chi connectivity index (χ4n) is 2.04. The van der Waals surface area contributed by atoms with E-state index in [0.29, 0.717) is 10.6 Å². The first-order chi connectivity index (χ1) is 11.1. The third-order valence-electron chi connectivity index (χ3n) is 3.50. The van der Waals surface area contributed by atoms with Crippen molar-refractivity contribution in [2.24, 2.45) is 0 Å². The second kappa shape index (κ2) is 6.93. The van der Waals surface area contributed by atoms with Crippen LogP contribution in [0.1, 0.15) is 21.5 Å². The molecule has 0 N–H and O–H groups in total. The SMILES string of the molecule is Cc1ccc(Cl)c(OC(=O)c2cc(S(=O)(=O)N(C)C)ccc2C)c1. The van der Waals surface area contributed by atoms with E-state index in [0.717, 1.165) is 9.87 Å². The van der Waals surface area contributed by atoms with Crippen LogP contribution >= 0.6 is 11.6 Å². The highest BCUT2D eigenvalue weighted by Crippen LogP contribution is 2.27. The maximum Gasteiger partial charge on any atom is 0.343 e. The van der Waals surface area contributed by atoms with Crippen LogP contribution in [0, 0.1) is 13.8 Å². The summed E-state index contributed by atoms with van der Waals surface area (Å²) in [5, 5.41) is 0.309. The minimum Gasteiger partial charge on any atom is -0.421 e. The minimum absolute atomic E-state index is 0.0281. The summed E-state index contributed by atoms with van der Waals surface area (Å²) in [4.78, 5) is 12.5. The average molecular weight is 368 g/mol. The number of nitrogens with zero attached hydrogens (tertiary/aromatic N) is 1. The highest BCUT2D eigenvalue weighted by Gasteiger charge is 2.21. The lowest BCUT2D eigenvalue weighted by atomic mass is 10.1. The maximum atomic E-state index is 12.5. The fourth-order valence-corrected chi connectivity index (χ4v) is 3.12. The van der Waals surface area contributed by atoms with Crippen LogP contribution in [-0.4, -0.2) is 32.8 Å². The number of halogens is 1. The zero-order valence-electron chi connectivity index (χ0n) is 13.8. The van der Waals surface area contributed by atoms with Gasteiger partial charge < -0.3 is 4.74 Å². The Hall–Kier alpha value is -1.89. The number of carbonyl (C=O) groups is 1. The van der Waals surface area contributed by atoms with E-state index in [-0.39, 0.29) is 16.2 Å². The molecule has 0 heterocycles. The van der Waals surface area contributed by atoms with Crippen molar-refractivity contribution in [1.82, 2.24) is 4.31 Å². The Morgan fingerprint density at radius 3 is 2.38 bits per heavy atom. The third-order valence-corrected chi connectivity index (χ3v) is 5.62. The number of rotatable bonds is 4. The summed E-state index contributed by atoms with van der Waals surface area (Å²) in [5.41, 5.74) is 1.68. The molecule has 128 valence electrons. The first-order valence-electron chi connectivity index (χ1n) is 7.14. The molecule has 0 radical (unpaired) electrons. The molecule has 2 aromatic carbocycles. The van der Waals surface area contributed by atoms with Gasteiger partial charge in [0.05, 0.1) is 15.5 Å². The van der Waals surface area contributed by atoms with E-state index in [1.54, 1.807) is 31.2 Å². The number of hydrogen-bond acceptors (Lipinski definition) is 4. The van der Waals surface area contributed by atoms with Gasteiger partial charge in [-0.25, -0.2) is 17.5 Å². The minimum atomic E-state index is -3.64. The smallest absolute Gasteiger partial charge is 0.343 e. The van der Waals surface area contributed by atoms with Crippen molar-refractivity contribution in [1.29, 1.82) is 0 Å². The standard InChI is InChI=1S/C17H18ClNO4S/c1-11-5-8-15(18)16(9-11)23-17(20)14-10-13(7-6-12(14)2)24(21,22)19(3)4/h5-10H,1-4H3. The molecule has 0 aliphatic rings. The van der Waals surface area contributed by atoms with Gasteiger partial charge in [-0.1, -0.05) is 23.7 Å². The molecule has 0 aliphatic carbocycles. The largest absolute Gasteiger partial charge is 0.421 e. The van der Waals surface area contributed by atoms with Gasteiger partial charge in [0, 0.05) is 14.1 Å². The molecule has 0 atom stereocenters. The summed E-state index contributed by atoms with van der Waals surface area (Å²) in [6.45, 7) is 3.56. The molecular formula is C17H18ClNO4S. The van der Waals surface area contributed by atoms with Crippen LogP contribution in [0.25, 0.3) is 0 Å². The molecule has 0 aliphatic heterocycles. The molecule has 0 amide bonds. The Bertz CT molecular complexity index is 891. The third kappa shape index (κ3) is 3.77. The van der Waals surface area contributed by atoms with Crippen LogP contribution in [-0.2, 0) is 10.0 Å². The molecule has 24 heavy (non-hydrogen) atoms. The van der Waals surface area contributed by atoms with Gasteiger partial charge in [0.2, 0.25) is 10.0 Å². The summed E-state index contributed by atoms with van der Waals surface area (Å²) >= 11 is 6.03. The second-order valence-corrected chi connectivity index (χ2v) is 8.15. The van der Waals surface area contributed by atoms with Crippen LogP contribution in [0.4, 0.5) is 0 Å². The van der Waals surface area contributed by atoms with Gasteiger partial charge in [-0.3, -0.25) is 0 Å². The normalized spacial score (nSPS) is 11.6. The van der Waals surface area contributed by atoms with Gasteiger partial charge >= 0.3 is 5.97 Å². The Balaban J connectivity index is 2.41. The lowest BCUT2D eigenvalue weighted by Gasteiger charge is -2.14. The number of ether oxygens (including phenoxy) is 1. The summed E-state index contributed by atoms with van der Waals surface area (Å²) in [7, 11) is -0.777. The maximum absolute atomic E-state index is 12.5. The zero-order chi connectivity index (χ0) is 18.1. The van der Waals surface area contributed by atoms with Crippen molar-refractivity contribution in [2.75, 3.05) is 14.1 Å². The van der Waals surface area contributed by atoms with Gasteiger partial charge in [0.25, 0.3) is 0 Å². The van der Waals surface area contributed by atoms with E-state index >= 15 is 0 Å². The molecule has 0 spiro atoms. The highest BCUT2D eigenvalue weighted by atomic mass is 35.5. The molecule has 2 aromatic rings. The molecular weight excluding hydrogens is 350 g/mol. The van der Waals surface area contributed by atoms with E-state index in [4.69, 9.17) is 16.3 Å². The number of hydrogen-bond donors (Lipinski definition) is 0. The van der Waals surface area contributed by atoms with Crippen molar-refractivity contribution >= 4 is 27.6 Å². The highest BCUT2D eigenvalue weighted by molar-refractivity contribution is 7.89. The molecule has 2 rings (SSSR count). The predicted molar refractivity (Wildman–Crippen MR) is 93.2 cm³/mol. The number of benzene rings is 2. The second-order valence-electron chi connectivity index (χ2n) is 5.59. The molecule has 0 saturated heterocycles. The van der Waals surface area contributed by atoms with Crippen LogP contribution in [0.2, 0.25) is 5.02 Å². The van der Waals surface area contributed by atoms with Crippen molar-refractivity contribution in [3.63, 3.8) is 0 Å². The predicted octanol–water partition coefficient (Wildman–Crippen LogP) is 3.43. The molecule has 0 aromatic heterocycles. The number of sulfonamides is 1. The summed E-state index contributed by atoms with van der Waals surface area (Å²) < 4.78 is 30.9. The first kappa shape index (κ1) is 18.4. The summed E-state index contributed by atoms with van der Waals surface area (Å²) in [5.74, 6) is -0.419. The summed E-state index contributed by atoms with van der Waals surface area (Å²) in [6, 6.07) is 9.44. The van der Waals surface area contributed by atoms with Crippen molar-refractivity contribution in [2.45, 2.75) is 18.7 Å². The summed E-state index contributed by atoms with van der Waals surface area (Å²) in [6.07, 6.45) is 0. The number of aryl methyl sites for hydroxylation is 2. The van der Waals surface area contributed by atoms with E-state index in [9.17, 15) is 13.2 Å². The molecule has 0 fully saturated rings. The van der Waals surface area contributed by atoms with Crippen molar-refractivity contribution in [3.05, 3.63) is 58.1 Å². The first-order valence-corrected chi connectivity index (χ1v) is 8.96. The quantitative estimate of drug-likeness (QED) is 0.613. The van der Waals surface area contributed by atoms with Crippen LogP contribution in [0.3, 0.4) is 0 Å². The van der Waals surface area contributed by atoms with E-state index in [1.807, 2.05) is 6.92 Å². The van der Waals surface area contributed by atoms with Crippen molar-refractivity contribution < 1.29 is 17.9 Å². The Morgan fingerprint density at radius 2 is 1.75 bits per heavy atom. The lowest BCUT2D eigenvalue weighted by Crippen LogP contribution is -2.23. The molecule has 0 unspecified atom stereocenters. The van der Waals surface area contributed by atoms with E-state index in [1.165, 1.54) is 26.2 Å². The van der Waals surface area contributed by atoms with Crippen LogP contribution in [0.15, 0.2) is 41.3 Å². The van der Waals surface area contributed by atoms with E-state index < -0.39 is 16.0 Å². The van der Waals surface area contributed by atoms with E-state index in [2.05, 4.69) is 0 Å². The van der Waals surface area contributed by atoms with Gasteiger partial charge in [0.1, 0.15) is 5.75 Å². The molecule has 0 bridgehead atoms.